The minimum Gasteiger partial charge on any atom is -0.493 e. The standard InChI is InChI=1S/C12H13ClN2O4/c1-16-7-5-4-6(10(17-2)11(7)18-3)9-8(13)12(14)15-19-9/h4-5H,1-3H3,(H2,14,15). The number of aromatic nitrogens is 1. The Hall–Kier alpha value is -2.08. The SMILES string of the molecule is COc1ccc(-c2onc(N)c2Cl)c(OC)c1OC. The molecule has 2 rings (SSSR count). The highest BCUT2D eigenvalue weighted by molar-refractivity contribution is 6.35. The van der Waals surface area contributed by atoms with Crippen LogP contribution in [0.5, 0.6) is 17.2 Å². The second kappa shape index (κ2) is 5.27. The van der Waals surface area contributed by atoms with Crippen molar-refractivity contribution in [2.75, 3.05) is 27.1 Å². The number of benzene rings is 1. The highest BCUT2D eigenvalue weighted by Crippen LogP contribution is 2.46. The van der Waals surface area contributed by atoms with Gasteiger partial charge in [0.15, 0.2) is 23.1 Å². The van der Waals surface area contributed by atoms with Crippen LogP contribution in [-0.2, 0) is 0 Å². The molecule has 2 N–H and O–H groups in total. The summed E-state index contributed by atoms with van der Waals surface area (Å²) in [5.74, 6) is 1.84. The van der Waals surface area contributed by atoms with E-state index < -0.39 is 0 Å². The van der Waals surface area contributed by atoms with Crippen LogP contribution >= 0.6 is 11.6 Å². The van der Waals surface area contributed by atoms with Crippen LogP contribution in [0.15, 0.2) is 16.7 Å². The first-order valence-corrected chi connectivity index (χ1v) is 5.71. The van der Waals surface area contributed by atoms with Crippen LogP contribution in [0.4, 0.5) is 5.82 Å². The minimum atomic E-state index is 0.119. The molecule has 19 heavy (non-hydrogen) atoms. The average Bonchev–Trinajstić information content (AvgIpc) is 2.77. The van der Waals surface area contributed by atoms with Gasteiger partial charge < -0.3 is 24.5 Å². The number of hydrogen-bond acceptors (Lipinski definition) is 6. The number of nitrogen functional groups attached to an aromatic ring is 1. The summed E-state index contributed by atoms with van der Waals surface area (Å²) in [4.78, 5) is 0. The fourth-order valence-electron chi connectivity index (χ4n) is 1.74. The molecule has 6 nitrogen and oxygen atoms in total. The van der Waals surface area contributed by atoms with Gasteiger partial charge in [0, 0.05) is 0 Å². The largest absolute Gasteiger partial charge is 0.493 e. The van der Waals surface area contributed by atoms with E-state index in [2.05, 4.69) is 5.16 Å². The van der Waals surface area contributed by atoms with Crippen LogP contribution in [0.2, 0.25) is 5.02 Å². The van der Waals surface area contributed by atoms with E-state index in [1.54, 1.807) is 12.1 Å². The molecule has 1 heterocycles. The highest BCUT2D eigenvalue weighted by Gasteiger charge is 2.22. The van der Waals surface area contributed by atoms with Gasteiger partial charge in [0.05, 0.1) is 26.9 Å². The molecule has 1 aromatic carbocycles. The van der Waals surface area contributed by atoms with Crippen LogP contribution in [0, 0.1) is 0 Å². The molecule has 0 unspecified atom stereocenters. The molecule has 0 fully saturated rings. The topological polar surface area (TPSA) is 79.7 Å². The van der Waals surface area contributed by atoms with Crippen molar-refractivity contribution in [2.45, 2.75) is 0 Å². The van der Waals surface area contributed by atoms with Gasteiger partial charge in [-0.05, 0) is 12.1 Å². The van der Waals surface area contributed by atoms with E-state index in [4.69, 9.17) is 36.1 Å². The van der Waals surface area contributed by atoms with Crippen molar-refractivity contribution in [3.05, 3.63) is 17.2 Å². The molecule has 7 heteroatoms. The molecule has 2 aromatic rings. The van der Waals surface area contributed by atoms with Gasteiger partial charge in [-0.2, -0.15) is 0 Å². The van der Waals surface area contributed by atoms with Gasteiger partial charge in [0.25, 0.3) is 0 Å². The summed E-state index contributed by atoms with van der Waals surface area (Å²) < 4.78 is 20.9. The van der Waals surface area contributed by atoms with Gasteiger partial charge in [-0.1, -0.05) is 16.8 Å². The maximum atomic E-state index is 6.03. The van der Waals surface area contributed by atoms with Crippen LogP contribution in [0.1, 0.15) is 0 Å². The third kappa shape index (κ3) is 2.15. The molecule has 102 valence electrons. The van der Waals surface area contributed by atoms with Crippen molar-refractivity contribution in [2.24, 2.45) is 0 Å². The molecule has 0 aliphatic rings. The molecule has 0 aliphatic heterocycles. The lowest BCUT2D eigenvalue weighted by Crippen LogP contribution is -1.96. The van der Waals surface area contributed by atoms with Crippen LogP contribution in [-0.4, -0.2) is 26.5 Å². The van der Waals surface area contributed by atoms with Crippen molar-refractivity contribution in [1.29, 1.82) is 0 Å². The molecule has 1 aromatic heterocycles. The summed E-state index contributed by atoms with van der Waals surface area (Å²) in [6.45, 7) is 0. The maximum absolute atomic E-state index is 6.03. The van der Waals surface area contributed by atoms with E-state index in [9.17, 15) is 0 Å². The second-order valence-corrected chi connectivity index (χ2v) is 3.97. The van der Waals surface area contributed by atoms with E-state index in [1.165, 1.54) is 21.3 Å². The number of halogens is 1. The predicted molar refractivity (Wildman–Crippen MR) is 71.0 cm³/mol. The first-order chi connectivity index (χ1) is 9.13. The van der Waals surface area contributed by atoms with Crippen molar-refractivity contribution in [3.8, 4) is 28.6 Å². The zero-order valence-corrected chi connectivity index (χ0v) is 11.4. The Morgan fingerprint density at radius 2 is 1.79 bits per heavy atom. The summed E-state index contributed by atoms with van der Waals surface area (Å²) in [6.07, 6.45) is 0. The van der Waals surface area contributed by atoms with Gasteiger partial charge in [-0.25, -0.2) is 0 Å². The summed E-state index contributed by atoms with van der Waals surface area (Å²) >= 11 is 6.03. The van der Waals surface area contributed by atoms with Crippen molar-refractivity contribution in [3.63, 3.8) is 0 Å². The maximum Gasteiger partial charge on any atom is 0.204 e. The molecule has 0 radical (unpaired) electrons. The number of anilines is 1. The normalized spacial score (nSPS) is 10.3. The monoisotopic (exact) mass is 284 g/mol. The molecule has 0 atom stereocenters. The van der Waals surface area contributed by atoms with Crippen LogP contribution < -0.4 is 19.9 Å². The smallest absolute Gasteiger partial charge is 0.204 e. The number of nitrogens with zero attached hydrogens (tertiary/aromatic N) is 1. The first kappa shape index (κ1) is 13.4. The van der Waals surface area contributed by atoms with E-state index in [-0.39, 0.29) is 10.8 Å². The Bertz CT molecular complexity index is 598. The van der Waals surface area contributed by atoms with Crippen molar-refractivity contribution < 1.29 is 18.7 Å². The Labute approximate surface area is 115 Å². The Kier molecular flexibility index (Phi) is 3.71. The molecule has 0 saturated heterocycles. The molecule has 0 spiro atoms. The first-order valence-electron chi connectivity index (χ1n) is 5.34. The summed E-state index contributed by atoms with van der Waals surface area (Å²) in [6, 6.07) is 3.44. The fraction of sp³-hybridized carbons (Fsp3) is 0.250. The number of nitrogens with two attached hydrogens (primary N) is 1. The predicted octanol–water partition coefficient (Wildman–Crippen LogP) is 2.60. The second-order valence-electron chi connectivity index (χ2n) is 3.59. The minimum absolute atomic E-state index is 0.119. The zero-order valence-electron chi connectivity index (χ0n) is 10.7. The van der Waals surface area contributed by atoms with Crippen LogP contribution in [0.25, 0.3) is 11.3 Å². The van der Waals surface area contributed by atoms with Crippen molar-refractivity contribution in [1.82, 2.24) is 5.16 Å². The molecule has 0 saturated carbocycles. The number of hydrogen-bond donors (Lipinski definition) is 1. The Balaban J connectivity index is 2.67. The van der Waals surface area contributed by atoms with Crippen molar-refractivity contribution >= 4 is 17.4 Å². The Morgan fingerprint density at radius 3 is 2.26 bits per heavy atom. The van der Waals surface area contributed by atoms with Gasteiger partial charge in [-0.3, -0.25) is 0 Å². The number of ether oxygens (including phenoxy) is 3. The lowest BCUT2D eigenvalue weighted by Gasteiger charge is -2.14. The van der Waals surface area contributed by atoms with E-state index >= 15 is 0 Å². The Morgan fingerprint density at radius 1 is 1.11 bits per heavy atom. The molecule has 0 aliphatic carbocycles. The quantitative estimate of drug-likeness (QED) is 0.929. The molecule has 0 amide bonds. The van der Waals surface area contributed by atoms with Crippen LogP contribution in [0.3, 0.4) is 0 Å². The van der Waals surface area contributed by atoms with Gasteiger partial charge >= 0.3 is 0 Å². The van der Waals surface area contributed by atoms with E-state index in [0.717, 1.165) is 0 Å². The highest BCUT2D eigenvalue weighted by atomic mass is 35.5. The molecular weight excluding hydrogens is 272 g/mol. The summed E-state index contributed by atoms with van der Waals surface area (Å²) in [5.41, 5.74) is 6.14. The third-order valence-electron chi connectivity index (χ3n) is 2.61. The molecular formula is C12H13ClN2O4. The lowest BCUT2D eigenvalue weighted by atomic mass is 10.1. The van der Waals surface area contributed by atoms with E-state index in [1.807, 2.05) is 0 Å². The van der Waals surface area contributed by atoms with E-state index in [0.29, 0.717) is 28.6 Å². The average molecular weight is 285 g/mol. The summed E-state index contributed by atoms with van der Waals surface area (Å²) in [5, 5.41) is 3.84. The molecule has 0 bridgehead atoms. The van der Waals surface area contributed by atoms with Gasteiger partial charge in [0.2, 0.25) is 5.75 Å². The lowest BCUT2D eigenvalue weighted by molar-refractivity contribution is 0.324. The summed E-state index contributed by atoms with van der Waals surface area (Å²) in [7, 11) is 4.56. The zero-order chi connectivity index (χ0) is 14.0. The van der Waals surface area contributed by atoms with Gasteiger partial charge in [-0.15, -0.1) is 0 Å². The third-order valence-corrected chi connectivity index (χ3v) is 2.97. The van der Waals surface area contributed by atoms with Gasteiger partial charge in [0.1, 0.15) is 5.02 Å². The fourth-order valence-corrected chi connectivity index (χ4v) is 1.91. The number of methoxy groups -OCH3 is 3. The number of rotatable bonds is 4.